The minimum Gasteiger partial charge on any atom is -0.481 e. The molecule has 8 heteroatoms. The summed E-state index contributed by atoms with van der Waals surface area (Å²) >= 11 is 0. The molecule has 0 aromatic rings. The molecule has 0 bridgehead atoms. The fourth-order valence-corrected chi connectivity index (χ4v) is 2.73. The topological polar surface area (TPSA) is 69.6 Å². The quantitative estimate of drug-likeness (QED) is 0.792. The molecule has 0 radical (unpaired) electrons. The SMILES string of the molecule is CCCN(CC(F)(F)F)C(=O)NC1(CC(=O)O)CCCC1. The first kappa shape index (κ1) is 17.6. The van der Waals surface area contributed by atoms with E-state index >= 15 is 0 Å². The normalized spacial score (nSPS) is 17.5. The van der Waals surface area contributed by atoms with Gasteiger partial charge in [0.25, 0.3) is 0 Å². The van der Waals surface area contributed by atoms with Crippen LogP contribution >= 0.6 is 0 Å². The minimum absolute atomic E-state index is 0.0194. The van der Waals surface area contributed by atoms with Crippen LogP contribution in [0.2, 0.25) is 0 Å². The van der Waals surface area contributed by atoms with Crippen LogP contribution < -0.4 is 5.32 Å². The standard InChI is InChI=1S/C13H21F3N2O3/c1-2-7-18(9-13(14,15)16)11(21)17-12(8-10(19)20)5-3-4-6-12/h2-9H2,1H3,(H,17,21)(H,19,20). The smallest absolute Gasteiger partial charge is 0.406 e. The van der Waals surface area contributed by atoms with E-state index in [1.807, 2.05) is 0 Å². The molecule has 0 aliphatic heterocycles. The van der Waals surface area contributed by atoms with Crippen molar-refractivity contribution in [2.75, 3.05) is 13.1 Å². The lowest BCUT2D eigenvalue weighted by Crippen LogP contribution is -2.54. The van der Waals surface area contributed by atoms with Crippen molar-refractivity contribution >= 4 is 12.0 Å². The van der Waals surface area contributed by atoms with Crippen molar-refractivity contribution in [1.29, 1.82) is 0 Å². The molecule has 0 saturated heterocycles. The summed E-state index contributed by atoms with van der Waals surface area (Å²) in [6, 6.07) is -0.836. The average molecular weight is 310 g/mol. The lowest BCUT2D eigenvalue weighted by molar-refractivity contribution is -0.141. The summed E-state index contributed by atoms with van der Waals surface area (Å²) in [6.07, 6.45) is -1.84. The summed E-state index contributed by atoms with van der Waals surface area (Å²) in [5.41, 5.74) is -0.916. The van der Waals surface area contributed by atoms with Crippen molar-refractivity contribution in [2.45, 2.75) is 57.2 Å². The van der Waals surface area contributed by atoms with Crippen LogP contribution in [0, 0.1) is 0 Å². The number of urea groups is 1. The summed E-state index contributed by atoms with van der Waals surface area (Å²) in [7, 11) is 0. The number of carboxylic acids is 1. The lowest BCUT2D eigenvalue weighted by Gasteiger charge is -2.33. The molecule has 0 spiro atoms. The number of halogens is 3. The van der Waals surface area contributed by atoms with Gasteiger partial charge in [-0.25, -0.2) is 4.79 Å². The molecule has 2 amide bonds. The maximum atomic E-state index is 12.5. The first-order chi connectivity index (χ1) is 9.67. The van der Waals surface area contributed by atoms with Crippen LogP contribution in [0.5, 0.6) is 0 Å². The third kappa shape index (κ3) is 5.81. The highest BCUT2D eigenvalue weighted by Gasteiger charge is 2.40. The molecule has 1 rings (SSSR count). The van der Waals surface area contributed by atoms with E-state index in [1.54, 1.807) is 6.92 Å². The van der Waals surface area contributed by atoms with Crippen LogP contribution in [0.1, 0.15) is 45.4 Å². The first-order valence-electron chi connectivity index (χ1n) is 7.03. The second kappa shape index (κ2) is 7.00. The number of carboxylic acid groups (broad SMARTS) is 1. The zero-order chi connectivity index (χ0) is 16.1. The fourth-order valence-electron chi connectivity index (χ4n) is 2.73. The number of rotatable bonds is 6. The molecule has 2 N–H and O–H groups in total. The first-order valence-corrected chi connectivity index (χ1v) is 7.03. The zero-order valence-corrected chi connectivity index (χ0v) is 12.0. The maximum absolute atomic E-state index is 12.5. The van der Waals surface area contributed by atoms with Crippen molar-refractivity contribution in [1.82, 2.24) is 10.2 Å². The Labute approximate surface area is 121 Å². The molecule has 0 heterocycles. The van der Waals surface area contributed by atoms with Gasteiger partial charge >= 0.3 is 18.2 Å². The Bertz CT molecular complexity index is 379. The third-order valence-electron chi connectivity index (χ3n) is 3.57. The van der Waals surface area contributed by atoms with Gasteiger partial charge < -0.3 is 15.3 Å². The molecule has 1 saturated carbocycles. The lowest BCUT2D eigenvalue weighted by atomic mass is 9.93. The molecule has 21 heavy (non-hydrogen) atoms. The number of nitrogens with one attached hydrogen (secondary N) is 1. The number of carbonyl (C=O) groups excluding carboxylic acids is 1. The molecule has 1 aliphatic carbocycles. The Kier molecular flexibility index (Phi) is 5.86. The Morgan fingerprint density at radius 3 is 2.29 bits per heavy atom. The minimum atomic E-state index is -4.47. The Morgan fingerprint density at radius 2 is 1.86 bits per heavy atom. The van der Waals surface area contributed by atoms with Crippen molar-refractivity contribution in [3.63, 3.8) is 0 Å². The largest absolute Gasteiger partial charge is 0.481 e. The molecule has 0 aromatic carbocycles. The molecule has 0 aromatic heterocycles. The highest BCUT2D eigenvalue weighted by Crippen LogP contribution is 2.33. The molecular formula is C13H21F3N2O3. The summed E-state index contributed by atoms with van der Waals surface area (Å²) in [6.45, 7) is 0.337. The van der Waals surface area contributed by atoms with Crippen LogP contribution in [-0.4, -0.2) is 46.8 Å². The predicted octanol–water partition coefficient (Wildman–Crippen LogP) is 2.76. The van der Waals surface area contributed by atoms with Gasteiger partial charge in [-0.15, -0.1) is 0 Å². The van der Waals surface area contributed by atoms with Gasteiger partial charge in [0.05, 0.1) is 12.0 Å². The van der Waals surface area contributed by atoms with Crippen molar-refractivity contribution < 1.29 is 27.9 Å². The summed E-state index contributed by atoms with van der Waals surface area (Å²) < 4.78 is 37.5. The predicted molar refractivity (Wildman–Crippen MR) is 69.9 cm³/mol. The maximum Gasteiger partial charge on any atom is 0.406 e. The van der Waals surface area contributed by atoms with E-state index in [1.165, 1.54) is 0 Å². The van der Waals surface area contributed by atoms with Crippen molar-refractivity contribution in [3.8, 4) is 0 Å². The van der Waals surface area contributed by atoms with Crippen molar-refractivity contribution in [2.24, 2.45) is 0 Å². The average Bonchev–Trinajstić information content (AvgIpc) is 2.74. The Morgan fingerprint density at radius 1 is 1.29 bits per heavy atom. The van der Waals surface area contributed by atoms with E-state index < -0.39 is 30.3 Å². The van der Waals surface area contributed by atoms with Crippen LogP contribution in [-0.2, 0) is 4.79 Å². The van der Waals surface area contributed by atoms with Crippen LogP contribution in [0.15, 0.2) is 0 Å². The van der Waals surface area contributed by atoms with Gasteiger partial charge in [-0.1, -0.05) is 19.8 Å². The van der Waals surface area contributed by atoms with E-state index in [0.717, 1.165) is 12.8 Å². The van der Waals surface area contributed by atoms with Crippen LogP contribution in [0.4, 0.5) is 18.0 Å². The number of nitrogens with zero attached hydrogens (tertiary/aromatic N) is 1. The van der Waals surface area contributed by atoms with Gasteiger partial charge in [0.1, 0.15) is 6.54 Å². The second-order valence-corrected chi connectivity index (χ2v) is 5.52. The highest BCUT2D eigenvalue weighted by atomic mass is 19.4. The van der Waals surface area contributed by atoms with Crippen LogP contribution in [0.25, 0.3) is 0 Å². The summed E-state index contributed by atoms with van der Waals surface area (Å²) in [4.78, 5) is 23.7. The van der Waals surface area contributed by atoms with E-state index in [0.29, 0.717) is 24.2 Å². The van der Waals surface area contributed by atoms with E-state index in [-0.39, 0.29) is 13.0 Å². The van der Waals surface area contributed by atoms with E-state index in [2.05, 4.69) is 5.32 Å². The molecule has 5 nitrogen and oxygen atoms in total. The number of carbonyl (C=O) groups is 2. The number of alkyl halides is 3. The van der Waals surface area contributed by atoms with Gasteiger partial charge in [0.15, 0.2) is 0 Å². The molecule has 122 valence electrons. The molecular weight excluding hydrogens is 289 g/mol. The Hall–Kier alpha value is -1.47. The van der Waals surface area contributed by atoms with Crippen LogP contribution in [0.3, 0.4) is 0 Å². The molecule has 0 atom stereocenters. The number of amides is 2. The van der Waals surface area contributed by atoms with Gasteiger partial charge in [0.2, 0.25) is 0 Å². The number of hydrogen-bond acceptors (Lipinski definition) is 2. The van der Waals surface area contributed by atoms with Gasteiger partial charge in [-0.2, -0.15) is 13.2 Å². The second-order valence-electron chi connectivity index (χ2n) is 5.52. The fraction of sp³-hybridized carbons (Fsp3) is 0.846. The highest BCUT2D eigenvalue weighted by molar-refractivity contribution is 5.77. The summed E-state index contributed by atoms with van der Waals surface area (Å²) in [5.74, 6) is -1.06. The van der Waals surface area contributed by atoms with Gasteiger partial charge in [-0.3, -0.25) is 4.79 Å². The molecule has 1 fully saturated rings. The molecule has 1 aliphatic rings. The van der Waals surface area contributed by atoms with Crippen molar-refractivity contribution in [3.05, 3.63) is 0 Å². The van der Waals surface area contributed by atoms with E-state index in [4.69, 9.17) is 5.11 Å². The monoisotopic (exact) mass is 310 g/mol. The number of hydrogen-bond donors (Lipinski definition) is 2. The van der Waals surface area contributed by atoms with E-state index in [9.17, 15) is 22.8 Å². The number of aliphatic carboxylic acids is 1. The Balaban J connectivity index is 2.75. The third-order valence-corrected chi connectivity index (χ3v) is 3.57. The summed E-state index contributed by atoms with van der Waals surface area (Å²) in [5, 5.41) is 11.5. The van der Waals surface area contributed by atoms with Gasteiger partial charge in [0, 0.05) is 6.54 Å². The van der Waals surface area contributed by atoms with Gasteiger partial charge in [-0.05, 0) is 19.3 Å². The molecule has 0 unspecified atom stereocenters. The zero-order valence-electron chi connectivity index (χ0n) is 12.0.